The Bertz CT molecular complexity index is 983. The van der Waals surface area contributed by atoms with Gasteiger partial charge in [-0.2, -0.15) is 0 Å². The van der Waals surface area contributed by atoms with Gasteiger partial charge in [0.2, 0.25) is 0 Å². The maximum absolute atomic E-state index is 13.0. The molecule has 1 aliphatic rings. The zero-order valence-electron chi connectivity index (χ0n) is 14.5. The fourth-order valence-electron chi connectivity index (χ4n) is 3.20. The average molecular weight is 411 g/mol. The molecule has 132 valence electrons. The van der Waals surface area contributed by atoms with Gasteiger partial charge in [-0.1, -0.05) is 18.2 Å². The number of benzene rings is 2. The van der Waals surface area contributed by atoms with Crippen molar-refractivity contribution in [2.24, 2.45) is 0 Å². The van der Waals surface area contributed by atoms with Gasteiger partial charge in [0.05, 0.1) is 16.7 Å². The molecule has 5 nitrogen and oxygen atoms in total. The van der Waals surface area contributed by atoms with Crippen LogP contribution >= 0.6 is 15.9 Å². The molecule has 26 heavy (non-hydrogen) atoms. The monoisotopic (exact) mass is 410 g/mol. The van der Waals surface area contributed by atoms with E-state index in [1.807, 2.05) is 49.4 Å². The number of fused-ring (bicyclic) bond motifs is 1. The van der Waals surface area contributed by atoms with Crippen LogP contribution in [0.25, 0.3) is 11.0 Å². The van der Waals surface area contributed by atoms with Gasteiger partial charge in [-0.05, 0) is 65.5 Å². The van der Waals surface area contributed by atoms with Crippen molar-refractivity contribution in [3.63, 3.8) is 0 Å². The van der Waals surface area contributed by atoms with Gasteiger partial charge in [-0.3, -0.25) is 4.79 Å². The second-order valence-electron chi connectivity index (χ2n) is 6.52. The minimum Gasteiger partial charge on any atom is -0.355 e. The van der Waals surface area contributed by atoms with E-state index in [1.54, 1.807) is 0 Å². The Morgan fingerprint density at radius 2 is 1.77 bits per heavy atom. The topological polar surface area (TPSA) is 58.1 Å². The lowest BCUT2D eigenvalue weighted by molar-refractivity contribution is 0.102. The van der Waals surface area contributed by atoms with Crippen LogP contribution < -0.4 is 10.2 Å². The summed E-state index contributed by atoms with van der Waals surface area (Å²) in [5.41, 5.74) is 3.75. The van der Waals surface area contributed by atoms with E-state index >= 15 is 0 Å². The Labute approximate surface area is 160 Å². The molecule has 1 saturated heterocycles. The summed E-state index contributed by atoms with van der Waals surface area (Å²) in [7, 11) is 0. The molecule has 1 aromatic heterocycles. The molecule has 2 aromatic carbocycles. The van der Waals surface area contributed by atoms with Crippen LogP contribution in [-0.2, 0) is 0 Å². The van der Waals surface area contributed by atoms with Crippen molar-refractivity contribution < 1.29 is 4.79 Å². The molecule has 2 heterocycles. The Morgan fingerprint density at radius 3 is 2.46 bits per heavy atom. The van der Waals surface area contributed by atoms with Gasteiger partial charge in [0.15, 0.2) is 11.5 Å². The molecule has 0 saturated carbocycles. The molecule has 3 aromatic rings. The third kappa shape index (κ3) is 3.29. The fourth-order valence-corrected chi connectivity index (χ4v) is 3.79. The Kier molecular flexibility index (Phi) is 4.59. The molecule has 1 fully saturated rings. The summed E-state index contributed by atoms with van der Waals surface area (Å²) in [6.07, 6.45) is 2.22. The van der Waals surface area contributed by atoms with Gasteiger partial charge in [0.25, 0.3) is 5.91 Å². The van der Waals surface area contributed by atoms with Crippen LogP contribution in [0.4, 0.5) is 11.5 Å². The highest BCUT2D eigenvalue weighted by atomic mass is 79.9. The van der Waals surface area contributed by atoms with E-state index < -0.39 is 0 Å². The van der Waals surface area contributed by atoms with E-state index in [0.29, 0.717) is 11.5 Å². The van der Waals surface area contributed by atoms with Crippen molar-refractivity contribution >= 4 is 44.4 Å². The lowest BCUT2D eigenvalue weighted by Crippen LogP contribution is -2.25. The first-order valence-electron chi connectivity index (χ1n) is 8.71. The zero-order chi connectivity index (χ0) is 18.1. The largest absolute Gasteiger partial charge is 0.355 e. The minimum atomic E-state index is -0.241. The third-order valence-electron chi connectivity index (χ3n) is 4.55. The van der Waals surface area contributed by atoms with Crippen LogP contribution in [0.5, 0.6) is 0 Å². The maximum atomic E-state index is 13.0. The summed E-state index contributed by atoms with van der Waals surface area (Å²) in [6, 6.07) is 13.5. The van der Waals surface area contributed by atoms with Gasteiger partial charge in [-0.15, -0.1) is 0 Å². The van der Waals surface area contributed by atoms with Gasteiger partial charge >= 0.3 is 0 Å². The van der Waals surface area contributed by atoms with Crippen molar-refractivity contribution in [1.82, 2.24) is 9.97 Å². The molecule has 0 radical (unpaired) electrons. The van der Waals surface area contributed by atoms with E-state index in [4.69, 9.17) is 4.98 Å². The first-order chi connectivity index (χ1) is 12.6. The summed E-state index contributed by atoms with van der Waals surface area (Å²) >= 11 is 3.51. The predicted molar refractivity (Wildman–Crippen MR) is 108 cm³/mol. The highest BCUT2D eigenvalue weighted by Crippen LogP contribution is 2.27. The highest BCUT2D eigenvalue weighted by Gasteiger charge is 2.24. The number of hydrogen-bond acceptors (Lipinski definition) is 4. The average Bonchev–Trinajstić information content (AvgIpc) is 3.17. The summed E-state index contributed by atoms with van der Waals surface area (Å²) in [5, 5.41) is 2.97. The summed E-state index contributed by atoms with van der Waals surface area (Å²) in [4.78, 5) is 24.5. The van der Waals surface area contributed by atoms with Gasteiger partial charge in [-0.25, -0.2) is 9.97 Å². The number of halogens is 1. The lowest BCUT2D eigenvalue weighted by atomic mass is 10.2. The quantitative estimate of drug-likeness (QED) is 0.687. The molecule has 0 spiro atoms. The SMILES string of the molecule is Cc1ccc(NC(=O)c2nc3ccccc3nc2N2CCCC2)c(Br)c1. The number of carbonyl (C=O) groups excluding carboxylic acids is 1. The number of rotatable bonds is 3. The smallest absolute Gasteiger partial charge is 0.278 e. The number of carbonyl (C=O) groups is 1. The van der Waals surface area contributed by atoms with Crippen molar-refractivity contribution in [2.75, 3.05) is 23.3 Å². The highest BCUT2D eigenvalue weighted by molar-refractivity contribution is 9.10. The van der Waals surface area contributed by atoms with E-state index in [0.717, 1.165) is 52.7 Å². The molecule has 0 atom stereocenters. The summed E-state index contributed by atoms with van der Waals surface area (Å²) < 4.78 is 0.849. The van der Waals surface area contributed by atoms with E-state index in [2.05, 4.69) is 31.1 Å². The van der Waals surface area contributed by atoms with Crippen LogP contribution in [0.2, 0.25) is 0 Å². The first kappa shape index (κ1) is 17.0. The molecule has 1 aliphatic heterocycles. The first-order valence-corrected chi connectivity index (χ1v) is 9.50. The minimum absolute atomic E-state index is 0.241. The van der Waals surface area contributed by atoms with Crippen LogP contribution in [0.1, 0.15) is 28.9 Å². The van der Waals surface area contributed by atoms with Crippen LogP contribution in [0.3, 0.4) is 0 Å². The molecular weight excluding hydrogens is 392 g/mol. The van der Waals surface area contributed by atoms with E-state index in [1.165, 1.54) is 0 Å². The second kappa shape index (κ2) is 7.03. The van der Waals surface area contributed by atoms with Crippen molar-refractivity contribution in [2.45, 2.75) is 19.8 Å². The molecule has 4 rings (SSSR count). The molecule has 0 aliphatic carbocycles. The van der Waals surface area contributed by atoms with Crippen LogP contribution in [0.15, 0.2) is 46.9 Å². The molecule has 0 unspecified atom stereocenters. The Morgan fingerprint density at radius 1 is 1.08 bits per heavy atom. The third-order valence-corrected chi connectivity index (χ3v) is 5.20. The van der Waals surface area contributed by atoms with E-state index in [9.17, 15) is 4.79 Å². The standard InChI is InChI=1S/C20H19BrN4O/c1-13-8-9-15(14(21)12-13)24-20(26)18-19(25-10-4-5-11-25)23-17-7-3-2-6-16(17)22-18/h2-3,6-9,12H,4-5,10-11H2,1H3,(H,24,26). The van der Waals surface area contributed by atoms with Gasteiger partial charge < -0.3 is 10.2 Å². The van der Waals surface area contributed by atoms with E-state index in [-0.39, 0.29) is 5.91 Å². The molecule has 6 heteroatoms. The summed E-state index contributed by atoms with van der Waals surface area (Å²) in [6.45, 7) is 3.82. The van der Waals surface area contributed by atoms with Crippen molar-refractivity contribution in [3.05, 3.63) is 58.2 Å². The van der Waals surface area contributed by atoms with Crippen LogP contribution in [0, 0.1) is 6.92 Å². The van der Waals surface area contributed by atoms with Crippen molar-refractivity contribution in [3.8, 4) is 0 Å². The number of amides is 1. The Hall–Kier alpha value is -2.47. The molecular formula is C20H19BrN4O. The number of anilines is 2. The Balaban J connectivity index is 1.75. The van der Waals surface area contributed by atoms with Gasteiger partial charge in [0.1, 0.15) is 0 Å². The predicted octanol–water partition coefficient (Wildman–Crippen LogP) is 4.55. The number of nitrogens with zero attached hydrogens (tertiary/aromatic N) is 3. The maximum Gasteiger partial charge on any atom is 0.278 e. The number of nitrogens with one attached hydrogen (secondary N) is 1. The summed E-state index contributed by atoms with van der Waals surface area (Å²) in [5.74, 6) is 0.427. The fraction of sp³-hybridized carbons (Fsp3) is 0.250. The van der Waals surface area contributed by atoms with Gasteiger partial charge in [0, 0.05) is 17.6 Å². The molecule has 1 N–H and O–H groups in total. The van der Waals surface area contributed by atoms with Crippen LogP contribution in [-0.4, -0.2) is 29.0 Å². The number of para-hydroxylation sites is 2. The lowest BCUT2D eigenvalue weighted by Gasteiger charge is -2.20. The number of aromatic nitrogens is 2. The molecule has 1 amide bonds. The van der Waals surface area contributed by atoms with Crippen molar-refractivity contribution in [1.29, 1.82) is 0 Å². The normalized spacial score (nSPS) is 14.0. The molecule has 0 bridgehead atoms. The number of hydrogen-bond donors (Lipinski definition) is 1. The second-order valence-corrected chi connectivity index (χ2v) is 7.37. The number of aryl methyl sites for hydroxylation is 1. The zero-order valence-corrected chi connectivity index (χ0v) is 16.1.